The van der Waals surface area contributed by atoms with Crippen molar-refractivity contribution < 1.29 is 9.13 Å². The number of nitrogens with zero attached hydrogens (tertiary/aromatic N) is 2. The quantitative estimate of drug-likeness (QED) is 0.901. The van der Waals surface area contributed by atoms with Gasteiger partial charge in [0.1, 0.15) is 11.6 Å². The van der Waals surface area contributed by atoms with Crippen molar-refractivity contribution in [1.29, 1.82) is 0 Å². The van der Waals surface area contributed by atoms with Crippen LogP contribution in [-0.2, 0) is 13.6 Å². The standard InChI is InChI=1S/C14H18FN3O/c1-4-16-9-13-10(2)17-18(3)14(13)19-12-7-5-6-11(15)8-12/h5-8,16H,4,9H2,1-3H3. The third-order valence-electron chi connectivity index (χ3n) is 2.85. The highest BCUT2D eigenvalue weighted by Gasteiger charge is 2.15. The smallest absolute Gasteiger partial charge is 0.222 e. The van der Waals surface area contributed by atoms with E-state index in [1.165, 1.54) is 12.1 Å². The summed E-state index contributed by atoms with van der Waals surface area (Å²) in [5, 5.41) is 7.59. The van der Waals surface area contributed by atoms with E-state index in [0.717, 1.165) is 17.8 Å². The fourth-order valence-electron chi connectivity index (χ4n) is 1.90. The second-order valence-corrected chi connectivity index (χ2v) is 4.33. The molecule has 0 saturated carbocycles. The lowest BCUT2D eigenvalue weighted by Crippen LogP contribution is -2.12. The Balaban J connectivity index is 2.28. The molecule has 0 fully saturated rings. The molecule has 1 N–H and O–H groups in total. The number of rotatable bonds is 5. The van der Waals surface area contributed by atoms with E-state index in [0.29, 0.717) is 18.2 Å². The van der Waals surface area contributed by atoms with Crippen molar-refractivity contribution in [2.45, 2.75) is 20.4 Å². The number of halogens is 1. The van der Waals surface area contributed by atoms with Crippen LogP contribution in [0.3, 0.4) is 0 Å². The Kier molecular flexibility index (Phi) is 4.16. The van der Waals surface area contributed by atoms with Crippen molar-refractivity contribution in [1.82, 2.24) is 15.1 Å². The Hall–Kier alpha value is -1.88. The van der Waals surface area contributed by atoms with Crippen molar-refractivity contribution >= 4 is 0 Å². The van der Waals surface area contributed by atoms with Gasteiger partial charge in [0.25, 0.3) is 0 Å². The zero-order valence-corrected chi connectivity index (χ0v) is 11.4. The Morgan fingerprint density at radius 3 is 2.89 bits per heavy atom. The molecular weight excluding hydrogens is 245 g/mol. The summed E-state index contributed by atoms with van der Waals surface area (Å²) in [7, 11) is 1.82. The van der Waals surface area contributed by atoms with Crippen LogP contribution in [0, 0.1) is 12.7 Å². The molecule has 4 nitrogen and oxygen atoms in total. The summed E-state index contributed by atoms with van der Waals surface area (Å²) in [6, 6.07) is 6.10. The normalized spacial score (nSPS) is 10.7. The molecule has 0 aliphatic heterocycles. The molecule has 0 unspecified atom stereocenters. The molecule has 1 aromatic heterocycles. The number of aryl methyl sites for hydroxylation is 2. The lowest BCUT2D eigenvalue weighted by atomic mass is 10.2. The van der Waals surface area contributed by atoms with E-state index in [4.69, 9.17) is 4.74 Å². The van der Waals surface area contributed by atoms with E-state index in [1.807, 2.05) is 20.9 Å². The molecule has 19 heavy (non-hydrogen) atoms. The van der Waals surface area contributed by atoms with Crippen LogP contribution >= 0.6 is 0 Å². The molecule has 0 spiro atoms. The minimum absolute atomic E-state index is 0.315. The van der Waals surface area contributed by atoms with Gasteiger partial charge in [-0.25, -0.2) is 9.07 Å². The number of hydrogen-bond donors (Lipinski definition) is 1. The van der Waals surface area contributed by atoms with Gasteiger partial charge in [-0.2, -0.15) is 5.10 Å². The highest BCUT2D eigenvalue weighted by Crippen LogP contribution is 2.27. The molecule has 1 heterocycles. The summed E-state index contributed by atoms with van der Waals surface area (Å²) >= 11 is 0. The first-order valence-corrected chi connectivity index (χ1v) is 6.28. The van der Waals surface area contributed by atoms with Gasteiger partial charge in [0.05, 0.1) is 11.3 Å². The van der Waals surface area contributed by atoms with Crippen LogP contribution in [0.5, 0.6) is 11.6 Å². The summed E-state index contributed by atoms with van der Waals surface area (Å²) < 4.78 is 20.6. The largest absolute Gasteiger partial charge is 0.439 e. The first-order valence-electron chi connectivity index (χ1n) is 6.28. The average molecular weight is 263 g/mol. The van der Waals surface area contributed by atoms with Crippen molar-refractivity contribution in [2.75, 3.05) is 6.54 Å². The first-order chi connectivity index (χ1) is 9.11. The second-order valence-electron chi connectivity index (χ2n) is 4.33. The molecule has 0 amide bonds. The minimum atomic E-state index is -0.315. The molecule has 102 valence electrons. The lowest BCUT2D eigenvalue weighted by Gasteiger charge is -2.09. The highest BCUT2D eigenvalue weighted by atomic mass is 19.1. The monoisotopic (exact) mass is 263 g/mol. The summed E-state index contributed by atoms with van der Waals surface area (Å²) in [6.45, 7) is 5.53. The third-order valence-corrected chi connectivity index (χ3v) is 2.85. The minimum Gasteiger partial charge on any atom is -0.439 e. The van der Waals surface area contributed by atoms with Crippen LogP contribution < -0.4 is 10.1 Å². The van der Waals surface area contributed by atoms with Gasteiger partial charge in [-0.15, -0.1) is 0 Å². The van der Waals surface area contributed by atoms with Gasteiger partial charge in [0.2, 0.25) is 5.88 Å². The van der Waals surface area contributed by atoms with Gasteiger partial charge >= 0.3 is 0 Å². The number of nitrogens with one attached hydrogen (secondary N) is 1. The van der Waals surface area contributed by atoms with Crippen molar-refractivity contribution in [3.05, 3.63) is 41.3 Å². The van der Waals surface area contributed by atoms with E-state index < -0.39 is 0 Å². The van der Waals surface area contributed by atoms with Crippen LogP contribution in [0.15, 0.2) is 24.3 Å². The molecule has 5 heteroatoms. The van der Waals surface area contributed by atoms with Gasteiger partial charge in [-0.3, -0.25) is 0 Å². The maximum Gasteiger partial charge on any atom is 0.222 e. The number of aromatic nitrogens is 2. The van der Waals surface area contributed by atoms with Crippen LogP contribution in [0.25, 0.3) is 0 Å². The maximum absolute atomic E-state index is 13.2. The van der Waals surface area contributed by atoms with Crippen molar-refractivity contribution in [2.24, 2.45) is 7.05 Å². The molecule has 0 aliphatic rings. The van der Waals surface area contributed by atoms with Crippen LogP contribution in [0.1, 0.15) is 18.2 Å². The van der Waals surface area contributed by atoms with Gasteiger partial charge in [-0.1, -0.05) is 13.0 Å². The molecule has 0 radical (unpaired) electrons. The summed E-state index contributed by atoms with van der Waals surface area (Å²) in [4.78, 5) is 0. The zero-order chi connectivity index (χ0) is 13.8. The fourth-order valence-corrected chi connectivity index (χ4v) is 1.90. The number of hydrogen-bond acceptors (Lipinski definition) is 3. The van der Waals surface area contributed by atoms with E-state index >= 15 is 0 Å². The van der Waals surface area contributed by atoms with Gasteiger partial charge in [0, 0.05) is 19.7 Å². The predicted octanol–water partition coefficient (Wildman–Crippen LogP) is 2.77. The summed E-state index contributed by atoms with van der Waals surface area (Å²) in [5.74, 6) is 0.800. The Bertz CT molecular complexity index is 566. The number of ether oxygens (including phenoxy) is 1. The number of benzene rings is 1. The fraction of sp³-hybridized carbons (Fsp3) is 0.357. The molecule has 0 atom stereocenters. The van der Waals surface area contributed by atoms with Crippen molar-refractivity contribution in [3.8, 4) is 11.6 Å². The Morgan fingerprint density at radius 2 is 2.21 bits per heavy atom. The molecule has 0 aliphatic carbocycles. The van der Waals surface area contributed by atoms with E-state index in [2.05, 4.69) is 10.4 Å². The van der Waals surface area contributed by atoms with Crippen molar-refractivity contribution in [3.63, 3.8) is 0 Å². The van der Waals surface area contributed by atoms with Crippen LogP contribution in [0.2, 0.25) is 0 Å². The molecule has 2 rings (SSSR count). The SMILES string of the molecule is CCNCc1c(C)nn(C)c1Oc1cccc(F)c1. The third kappa shape index (κ3) is 3.12. The molecule has 0 saturated heterocycles. The van der Waals surface area contributed by atoms with Gasteiger partial charge in [0.15, 0.2) is 0 Å². The predicted molar refractivity (Wildman–Crippen MR) is 71.8 cm³/mol. The Morgan fingerprint density at radius 1 is 1.42 bits per heavy atom. The van der Waals surface area contributed by atoms with E-state index in [9.17, 15) is 4.39 Å². The molecular formula is C14H18FN3O. The van der Waals surface area contributed by atoms with Gasteiger partial charge < -0.3 is 10.1 Å². The second kappa shape index (κ2) is 5.84. The maximum atomic E-state index is 13.2. The summed E-state index contributed by atoms with van der Waals surface area (Å²) in [5.41, 5.74) is 1.91. The topological polar surface area (TPSA) is 39.1 Å². The Labute approximate surface area is 112 Å². The summed E-state index contributed by atoms with van der Waals surface area (Å²) in [6.07, 6.45) is 0. The molecule has 1 aromatic carbocycles. The molecule has 0 bridgehead atoms. The van der Waals surface area contributed by atoms with Gasteiger partial charge in [-0.05, 0) is 25.6 Å². The van der Waals surface area contributed by atoms with Crippen LogP contribution in [-0.4, -0.2) is 16.3 Å². The highest BCUT2D eigenvalue weighted by molar-refractivity contribution is 5.35. The molecule has 2 aromatic rings. The lowest BCUT2D eigenvalue weighted by molar-refractivity contribution is 0.421. The first kappa shape index (κ1) is 13.5. The van der Waals surface area contributed by atoms with E-state index in [-0.39, 0.29) is 5.82 Å². The average Bonchev–Trinajstić information content (AvgIpc) is 2.62. The van der Waals surface area contributed by atoms with Crippen LogP contribution in [0.4, 0.5) is 4.39 Å². The zero-order valence-electron chi connectivity index (χ0n) is 11.4. The van der Waals surface area contributed by atoms with E-state index in [1.54, 1.807) is 16.8 Å².